The van der Waals surface area contributed by atoms with Gasteiger partial charge in [-0.3, -0.25) is 4.79 Å². The second-order valence-corrected chi connectivity index (χ2v) is 8.68. The summed E-state index contributed by atoms with van der Waals surface area (Å²) < 4.78 is 16.6. The first-order chi connectivity index (χ1) is 15.6. The fourth-order valence-corrected chi connectivity index (χ4v) is 4.62. The van der Waals surface area contributed by atoms with Crippen LogP contribution < -0.4 is 10.1 Å². The summed E-state index contributed by atoms with van der Waals surface area (Å²) in [5, 5.41) is 7.65. The van der Waals surface area contributed by atoms with Crippen molar-refractivity contribution >= 4 is 17.7 Å². The highest BCUT2D eigenvalue weighted by molar-refractivity contribution is 7.98. The molecule has 3 heterocycles. The van der Waals surface area contributed by atoms with Crippen LogP contribution in [0.25, 0.3) is 0 Å². The van der Waals surface area contributed by atoms with E-state index in [9.17, 15) is 4.79 Å². The lowest BCUT2D eigenvalue weighted by atomic mass is 10.2. The molecule has 1 saturated heterocycles. The zero-order chi connectivity index (χ0) is 22.3. The minimum Gasteiger partial charge on any atom is -0.491 e. The predicted molar refractivity (Wildman–Crippen MR) is 122 cm³/mol. The van der Waals surface area contributed by atoms with Crippen molar-refractivity contribution in [1.82, 2.24) is 15.5 Å². The number of nitrogens with one attached hydrogen (secondary N) is 1. The molecule has 0 spiro atoms. The van der Waals surface area contributed by atoms with Gasteiger partial charge in [-0.2, -0.15) is 0 Å². The lowest BCUT2D eigenvalue weighted by Gasteiger charge is -2.12. The maximum atomic E-state index is 12.8. The number of carbonyl (C=O) groups is 1. The van der Waals surface area contributed by atoms with Crippen LogP contribution in [0.15, 0.2) is 52.1 Å². The summed E-state index contributed by atoms with van der Waals surface area (Å²) in [6, 6.07) is 11.3. The highest BCUT2D eigenvalue weighted by Gasteiger charge is 2.17. The first-order valence-corrected chi connectivity index (χ1v) is 11.7. The Morgan fingerprint density at radius 2 is 2.09 bits per heavy atom. The lowest BCUT2D eigenvalue weighted by Crippen LogP contribution is -2.23. The monoisotopic (exact) mass is 453 g/mol. The van der Waals surface area contributed by atoms with Gasteiger partial charge in [0.25, 0.3) is 5.91 Å². The van der Waals surface area contributed by atoms with Crippen molar-refractivity contribution in [2.75, 3.05) is 13.2 Å². The molecule has 2 aromatic heterocycles. The molecule has 0 aliphatic carbocycles. The summed E-state index contributed by atoms with van der Waals surface area (Å²) in [5.74, 6) is 2.09. The van der Waals surface area contributed by atoms with Gasteiger partial charge in [-0.25, -0.2) is 4.98 Å². The van der Waals surface area contributed by atoms with Crippen LogP contribution in [0.2, 0.25) is 0 Å². The van der Waals surface area contributed by atoms with Gasteiger partial charge in [0.15, 0.2) is 0 Å². The van der Waals surface area contributed by atoms with Crippen molar-refractivity contribution in [2.24, 2.45) is 0 Å². The normalized spacial score (nSPS) is 15.6. The van der Waals surface area contributed by atoms with Gasteiger partial charge in [0.05, 0.1) is 17.4 Å². The van der Waals surface area contributed by atoms with E-state index in [0.29, 0.717) is 29.5 Å². The zero-order valence-electron chi connectivity index (χ0n) is 18.3. The standard InChI is InChI=1S/C24H27N3O4S/c1-16-22(17(2)31-27-16)15-32-24-21(6-3-11-25-24)23(28)26-13-18-7-9-19(10-8-18)30-14-20-5-4-12-29-20/h3,6-11,20H,4-5,12-15H2,1-2H3,(H,26,28). The topological polar surface area (TPSA) is 86.5 Å². The molecule has 1 N–H and O–H groups in total. The molecule has 1 amide bonds. The van der Waals surface area contributed by atoms with Gasteiger partial charge in [-0.1, -0.05) is 17.3 Å². The van der Waals surface area contributed by atoms with E-state index < -0.39 is 0 Å². The molecule has 0 saturated carbocycles. The number of thioether (sulfide) groups is 1. The Labute approximate surface area is 191 Å². The number of rotatable bonds is 9. The number of carbonyl (C=O) groups excluding carboxylic acids is 1. The van der Waals surface area contributed by atoms with Crippen molar-refractivity contribution < 1.29 is 18.8 Å². The Hall–Kier alpha value is -2.84. The molecule has 1 atom stereocenters. The Bertz CT molecular complexity index is 1030. The molecular formula is C24H27N3O4S. The molecule has 1 aliphatic heterocycles. The summed E-state index contributed by atoms with van der Waals surface area (Å²) in [6.45, 7) is 5.63. The quantitative estimate of drug-likeness (QED) is 0.479. The minimum absolute atomic E-state index is 0.155. The third kappa shape index (κ3) is 5.69. The molecule has 4 rings (SSSR count). The van der Waals surface area contributed by atoms with Gasteiger partial charge in [0.2, 0.25) is 0 Å². The third-order valence-electron chi connectivity index (χ3n) is 5.39. The van der Waals surface area contributed by atoms with Crippen molar-refractivity contribution in [1.29, 1.82) is 0 Å². The number of hydrogen-bond donors (Lipinski definition) is 1. The molecule has 0 radical (unpaired) electrons. The molecule has 0 bridgehead atoms. The summed E-state index contributed by atoms with van der Waals surface area (Å²) in [6.07, 6.45) is 4.04. The van der Waals surface area contributed by atoms with E-state index in [2.05, 4.69) is 15.5 Å². The van der Waals surface area contributed by atoms with E-state index in [-0.39, 0.29) is 12.0 Å². The van der Waals surface area contributed by atoms with Gasteiger partial charge >= 0.3 is 0 Å². The molecule has 3 aromatic rings. The molecule has 168 valence electrons. The van der Waals surface area contributed by atoms with Gasteiger partial charge in [-0.15, -0.1) is 11.8 Å². The van der Waals surface area contributed by atoms with Crippen molar-refractivity contribution in [3.63, 3.8) is 0 Å². The van der Waals surface area contributed by atoms with Crippen LogP contribution in [0.5, 0.6) is 5.75 Å². The Morgan fingerprint density at radius 1 is 1.25 bits per heavy atom. The second kappa shape index (κ2) is 10.7. The number of hydrogen-bond acceptors (Lipinski definition) is 7. The lowest BCUT2D eigenvalue weighted by molar-refractivity contribution is 0.0679. The first kappa shape index (κ1) is 22.4. The van der Waals surface area contributed by atoms with E-state index in [0.717, 1.165) is 47.8 Å². The van der Waals surface area contributed by atoms with E-state index in [4.69, 9.17) is 14.0 Å². The molecule has 32 heavy (non-hydrogen) atoms. The van der Waals surface area contributed by atoms with Gasteiger partial charge in [0.1, 0.15) is 23.1 Å². The molecule has 1 fully saturated rings. The van der Waals surface area contributed by atoms with Crippen LogP contribution in [0, 0.1) is 13.8 Å². The highest BCUT2D eigenvalue weighted by atomic mass is 32.2. The number of aryl methyl sites for hydroxylation is 2. The zero-order valence-corrected chi connectivity index (χ0v) is 19.1. The van der Waals surface area contributed by atoms with Crippen molar-refractivity contribution in [3.05, 3.63) is 70.7 Å². The summed E-state index contributed by atoms with van der Waals surface area (Å²) in [5.41, 5.74) is 3.45. The second-order valence-electron chi connectivity index (χ2n) is 7.72. The molecule has 1 aromatic carbocycles. The van der Waals surface area contributed by atoms with Crippen LogP contribution in [-0.4, -0.2) is 35.4 Å². The summed E-state index contributed by atoms with van der Waals surface area (Å²) >= 11 is 1.50. The maximum absolute atomic E-state index is 12.8. The van der Waals surface area contributed by atoms with Crippen LogP contribution >= 0.6 is 11.8 Å². The number of benzene rings is 1. The maximum Gasteiger partial charge on any atom is 0.254 e. The average molecular weight is 454 g/mol. The van der Waals surface area contributed by atoms with Crippen LogP contribution in [0.1, 0.15) is 45.8 Å². The average Bonchev–Trinajstić information content (AvgIpc) is 3.45. The van der Waals surface area contributed by atoms with Crippen LogP contribution in [0.4, 0.5) is 0 Å². The molecule has 8 heteroatoms. The molecule has 1 aliphatic rings. The van der Waals surface area contributed by atoms with Crippen LogP contribution in [-0.2, 0) is 17.0 Å². The largest absolute Gasteiger partial charge is 0.491 e. The highest BCUT2D eigenvalue weighted by Crippen LogP contribution is 2.27. The third-order valence-corrected chi connectivity index (χ3v) is 6.42. The van der Waals surface area contributed by atoms with Gasteiger partial charge in [-0.05, 0) is 56.5 Å². The van der Waals surface area contributed by atoms with E-state index in [1.54, 1.807) is 18.3 Å². The summed E-state index contributed by atoms with van der Waals surface area (Å²) in [7, 11) is 0. The molecular weight excluding hydrogens is 426 g/mol. The number of nitrogens with zero attached hydrogens (tertiary/aromatic N) is 2. The Kier molecular flexibility index (Phi) is 7.44. The SMILES string of the molecule is Cc1noc(C)c1CSc1ncccc1C(=O)NCc1ccc(OCC2CCCO2)cc1. The van der Waals surface area contributed by atoms with E-state index in [1.165, 1.54) is 11.8 Å². The van der Waals surface area contributed by atoms with Crippen molar-refractivity contribution in [2.45, 2.75) is 50.1 Å². The first-order valence-electron chi connectivity index (χ1n) is 10.7. The number of aromatic nitrogens is 2. The number of amides is 1. The molecule has 7 nitrogen and oxygen atoms in total. The Balaban J connectivity index is 1.31. The molecule has 1 unspecified atom stereocenters. The predicted octanol–water partition coefficient (Wildman–Crippen LogP) is 4.47. The van der Waals surface area contributed by atoms with E-state index in [1.807, 2.05) is 38.1 Å². The fourth-order valence-electron chi connectivity index (χ4n) is 3.47. The van der Waals surface area contributed by atoms with Crippen LogP contribution in [0.3, 0.4) is 0 Å². The van der Waals surface area contributed by atoms with Crippen molar-refractivity contribution in [3.8, 4) is 5.75 Å². The fraction of sp³-hybridized carbons (Fsp3) is 0.375. The smallest absolute Gasteiger partial charge is 0.254 e. The number of ether oxygens (including phenoxy) is 2. The number of pyridine rings is 1. The minimum atomic E-state index is -0.155. The van der Waals surface area contributed by atoms with Gasteiger partial charge < -0.3 is 19.3 Å². The Morgan fingerprint density at radius 3 is 2.81 bits per heavy atom. The van der Waals surface area contributed by atoms with Gasteiger partial charge in [0, 0.05) is 30.7 Å². The van der Waals surface area contributed by atoms with E-state index >= 15 is 0 Å². The summed E-state index contributed by atoms with van der Waals surface area (Å²) in [4.78, 5) is 17.2.